The van der Waals surface area contributed by atoms with Gasteiger partial charge in [0.1, 0.15) is 5.75 Å². The highest BCUT2D eigenvalue weighted by Crippen LogP contribution is 2.23. The Bertz CT molecular complexity index is 678. The summed E-state index contributed by atoms with van der Waals surface area (Å²) in [4.78, 5) is 12.5. The molecule has 0 fully saturated rings. The lowest BCUT2D eigenvalue weighted by Crippen LogP contribution is -2.42. The molecule has 116 valence electrons. The Labute approximate surface area is 139 Å². The number of carbonyl (C=O) groups is 1. The van der Waals surface area contributed by atoms with Gasteiger partial charge in [-0.3, -0.25) is 4.79 Å². The predicted octanol–water partition coefficient (Wildman–Crippen LogP) is 4.86. The minimum atomic E-state index is -0.968. The highest BCUT2D eigenvalue weighted by atomic mass is 79.9. The van der Waals surface area contributed by atoms with Crippen LogP contribution in [0.15, 0.2) is 46.9 Å². The summed E-state index contributed by atoms with van der Waals surface area (Å²) >= 11 is 3.38. The highest BCUT2D eigenvalue weighted by molar-refractivity contribution is 9.10. The number of carbonyl (C=O) groups excluding carboxylic acids is 1. The number of hydrogen-bond acceptors (Lipinski definition) is 2. The second-order valence-corrected chi connectivity index (χ2v) is 6.75. The number of halogens is 1. The van der Waals surface area contributed by atoms with Crippen LogP contribution < -0.4 is 10.1 Å². The number of aryl methyl sites for hydroxylation is 2. The lowest BCUT2D eigenvalue weighted by Gasteiger charge is -2.26. The van der Waals surface area contributed by atoms with Crippen molar-refractivity contribution in [2.45, 2.75) is 33.3 Å². The average Bonchev–Trinajstić information content (AvgIpc) is 2.45. The van der Waals surface area contributed by atoms with Gasteiger partial charge in [-0.2, -0.15) is 0 Å². The van der Waals surface area contributed by atoms with Crippen LogP contribution in [0.25, 0.3) is 0 Å². The summed E-state index contributed by atoms with van der Waals surface area (Å²) in [6, 6.07) is 13.4. The molecule has 2 aromatic rings. The fourth-order valence-electron chi connectivity index (χ4n) is 1.99. The predicted molar refractivity (Wildman–Crippen MR) is 93.4 cm³/mol. The van der Waals surface area contributed by atoms with Crippen molar-refractivity contribution in [1.82, 2.24) is 0 Å². The standard InChI is InChI=1S/C18H20BrNO2/c1-12-5-6-13(2)16(11-12)20-17(21)18(3,4)22-15-9-7-14(19)8-10-15/h5-11H,1-4H3,(H,20,21). The lowest BCUT2D eigenvalue weighted by atomic mass is 10.1. The van der Waals surface area contributed by atoms with E-state index in [0.717, 1.165) is 21.3 Å². The number of anilines is 1. The molecule has 4 heteroatoms. The van der Waals surface area contributed by atoms with Gasteiger partial charge in [-0.15, -0.1) is 0 Å². The van der Waals surface area contributed by atoms with E-state index in [0.29, 0.717) is 5.75 Å². The molecule has 2 aromatic carbocycles. The maximum absolute atomic E-state index is 12.5. The minimum absolute atomic E-state index is 0.177. The van der Waals surface area contributed by atoms with Crippen LogP contribution in [0.3, 0.4) is 0 Å². The summed E-state index contributed by atoms with van der Waals surface area (Å²) < 4.78 is 6.80. The van der Waals surface area contributed by atoms with Gasteiger partial charge in [-0.25, -0.2) is 0 Å². The summed E-state index contributed by atoms with van der Waals surface area (Å²) in [6.07, 6.45) is 0. The van der Waals surface area contributed by atoms with Gasteiger partial charge in [-0.05, 0) is 69.2 Å². The van der Waals surface area contributed by atoms with E-state index in [-0.39, 0.29) is 5.91 Å². The molecule has 0 bridgehead atoms. The van der Waals surface area contributed by atoms with E-state index in [1.54, 1.807) is 13.8 Å². The lowest BCUT2D eigenvalue weighted by molar-refractivity contribution is -0.128. The Balaban J connectivity index is 2.13. The number of hydrogen-bond donors (Lipinski definition) is 1. The Morgan fingerprint density at radius 2 is 1.73 bits per heavy atom. The van der Waals surface area contributed by atoms with Crippen LogP contribution in [-0.4, -0.2) is 11.5 Å². The maximum atomic E-state index is 12.5. The normalized spacial score (nSPS) is 11.1. The third-order valence-electron chi connectivity index (χ3n) is 3.37. The molecule has 0 heterocycles. The molecule has 0 aliphatic carbocycles. The average molecular weight is 362 g/mol. The van der Waals surface area contributed by atoms with Crippen molar-refractivity contribution in [2.75, 3.05) is 5.32 Å². The van der Waals surface area contributed by atoms with E-state index in [1.165, 1.54) is 0 Å². The molecule has 0 saturated heterocycles. The summed E-state index contributed by atoms with van der Waals surface area (Å²) in [5.41, 5.74) is 1.98. The van der Waals surface area contributed by atoms with Crippen LogP contribution in [0, 0.1) is 13.8 Å². The molecule has 1 N–H and O–H groups in total. The number of nitrogens with one attached hydrogen (secondary N) is 1. The fraction of sp³-hybridized carbons (Fsp3) is 0.278. The van der Waals surface area contributed by atoms with Gasteiger partial charge in [0.2, 0.25) is 0 Å². The molecular formula is C18H20BrNO2. The first kappa shape index (κ1) is 16.6. The van der Waals surface area contributed by atoms with Crippen molar-refractivity contribution >= 4 is 27.5 Å². The van der Waals surface area contributed by atoms with Crippen LogP contribution in [0.5, 0.6) is 5.75 Å². The second-order valence-electron chi connectivity index (χ2n) is 5.84. The zero-order chi connectivity index (χ0) is 16.3. The Hall–Kier alpha value is -1.81. The van der Waals surface area contributed by atoms with Crippen molar-refractivity contribution in [3.05, 3.63) is 58.1 Å². The summed E-state index contributed by atoms with van der Waals surface area (Å²) in [7, 11) is 0. The van der Waals surface area contributed by atoms with E-state index in [4.69, 9.17) is 4.74 Å². The maximum Gasteiger partial charge on any atom is 0.267 e. The quantitative estimate of drug-likeness (QED) is 0.843. The number of benzene rings is 2. The van der Waals surface area contributed by atoms with Crippen molar-refractivity contribution < 1.29 is 9.53 Å². The zero-order valence-electron chi connectivity index (χ0n) is 13.2. The van der Waals surface area contributed by atoms with E-state index < -0.39 is 5.60 Å². The van der Waals surface area contributed by atoms with Gasteiger partial charge in [0.15, 0.2) is 5.60 Å². The Morgan fingerprint density at radius 3 is 2.36 bits per heavy atom. The first-order valence-electron chi connectivity index (χ1n) is 7.11. The van der Waals surface area contributed by atoms with Crippen molar-refractivity contribution in [1.29, 1.82) is 0 Å². The molecule has 0 unspecified atom stereocenters. The van der Waals surface area contributed by atoms with Gasteiger partial charge >= 0.3 is 0 Å². The third-order valence-corrected chi connectivity index (χ3v) is 3.90. The number of amides is 1. The van der Waals surface area contributed by atoms with E-state index in [2.05, 4.69) is 21.2 Å². The molecule has 0 spiro atoms. The molecule has 0 aliphatic rings. The zero-order valence-corrected chi connectivity index (χ0v) is 14.8. The summed E-state index contributed by atoms with van der Waals surface area (Å²) in [5, 5.41) is 2.95. The SMILES string of the molecule is Cc1ccc(C)c(NC(=O)C(C)(C)Oc2ccc(Br)cc2)c1. The summed E-state index contributed by atoms with van der Waals surface area (Å²) in [6.45, 7) is 7.49. The van der Waals surface area contributed by atoms with Gasteiger partial charge in [-0.1, -0.05) is 28.1 Å². The number of ether oxygens (including phenoxy) is 1. The van der Waals surface area contributed by atoms with Gasteiger partial charge < -0.3 is 10.1 Å². The smallest absolute Gasteiger partial charge is 0.267 e. The van der Waals surface area contributed by atoms with E-state index in [1.807, 2.05) is 56.3 Å². The Kier molecular flexibility index (Phi) is 4.91. The van der Waals surface area contributed by atoms with Crippen LogP contribution in [0.1, 0.15) is 25.0 Å². The second kappa shape index (κ2) is 6.53. The fourth-order valence-corrected chi connectivity index (χ4v) is 2.25. The molecule has 2 rings (SSSR count). The van der Waals surface area contributed by atoms with Crippen molar-refractivity contribution in [2.24, 2.45) is 0 Å². The molecule has 0 aromatic heterocycles. The van der Waals surface area contributed by atoms with E-state index >= 15 is 0 Å². The highest BCUT2D eigenvalue weighted by Gasteiger charge is 2.30. The molecule has 22 heavy (non-hydrogen) atoms. The largest absolute Gasteiger partial charge is 0.478 e. The van der Waals surface area contributed by atoms with Gasteiger partial charge in [0.25, 0.3) is 5.91 Å². The first-order valence-corrected chi connectivity index (χ1v) is 7.90. The van der Waals surface area contributed by atoms with Gasteiger partial charge in [0.05, 0.1) is 0 Å². The van der Waals surface area contributed by atoms with Crippen LogP contribution in [0.2, 0.25) is 0 Å². The third kappa shape index (κ3) is 4.10. The monoisotopic (exact) mass is 361 g/mol. The molecule has 0 aliphatic heterocycles. The van der Waals surface area contributed by atoms with Crippen molar-refractivity contribution in [3.8, 4) is 5.75 Å². The van der Waals surface area contributed by atoms with Crippen LogP contribution in [-0.2, 0) is 4.79 Å². The molecule has 1 amide bonds. The van der Waals surface area contributed by atoms with Crippen LogP contribution in [0.4, 0.5) is 5.69 Å². The topological polar surface area (TPSA) is 38.3 Å². The molecular weight excluding hydrogens is 342 g/mol. The Morgan fingerprint density at radius 1 is 1.09 bits per heavy atom. The molecule has 0 saturated carbocycles. The molecule has 0 radical (unpaired) electrons. The van der Waals surface area contributed by atoms with Gasteiger partial charge in [0, 0.05) is 10.2 Å². The number of rotatable bonds is 4. The molecule has 0 atom stereocenters. The molecule has 3 nitrogen and oxygen atoms in total. The first-order chi connectivity index (χ1) is 10.3. The van der Waals surface area contributed by atoms with Crippen molar-refractivity contribution in [3.63, 3.8) is 0 Å². The summed E-state index contributed by atoms with van der Waals surface area (Å²) in [5.74, 6) is 0.480. The van der Waals surface area contributed by atoms with E-state index in [9.17, 15) is 4.79 Å². The minimum Gasteiger partial charge on any atom is -0.478 e. The van der Waals surface area contributed by atoms with Crippen LogP contribution >= 0.6 is 15.9 Å².